The van der Waals surface area contributed by atoms with Crippen LogP contribution in [0.2, 0.25) is 0 Å². The first-order chi connectivity index (χ1) is 8.08. The van der Waals surface area contributed by atoms with E-state index in [4.69, 9.17) is 0 Å². The van der Waals surface area contributed by atoms with Gasteiger partial charge in [0.15, 0.2) is 0 Å². The highest BCUT2D eigenvalue weighted by molar-refractivity contribution is 9.10. The standard InChI is InChI=1S/C12H14BrN3O/c1-7-4-10(13)5-8(2)12(7)14-6-11-9(3)15-17-16-11/h4-5,14H,6H2,1-3H3. The Morgan fingerprint density at radius 3 is 2.35 bits per heavy atom. The first kappa shape index (κ1) is 12.1. The van der Waals surface area contributed by atoms with Gasteiger partial charge in [-0.15, -0.1) is 0 Å². The number of nitrogens with zero attached hydrogens (tertiary/aromatic N) is 2. The van der Waals surface area contributed by atoms with Gasteiger partial charge in [0, 0.05) is 10.2 Å². The number of rotatable bonds is 3. The summed E-state index contributed by atoms with van der Waals surface area (Å²) in [6.45, 7) is 6.66. The van der Waals surface area contributed by atoms with Gasteiger partial charge in [-0.05, 0) is 44.0 Å². The molecule has 1 aromatic carbocycles. The Morgan fingerprint density at radius 2 is 1.82 bits per heavy atom. The zero-order valence-electron chi connectivity index (χ0n) is 10.0. The average molecular weight is 296 g/mol. The second-order valence-corrected chi connectivity index (χ2v) is 4.98. The summed E-state index contributed by atoms with van der Waals surface area (Å²) in [5.74, 6) is 0. The fourth-order valence-electron chi connectivity index (χ4n) is 1.77. The second kappa shape index (κ2) is 4.87. The third-order valence-electron chi connectivity index (χ3n) is 2.68. The zero-order valence-corrected chi connectivity index (χ0v) is 11.6. The van der Waals surface area contributed by atoms with Gasteiger partial charge in [0.05, 0.1) is 6.54 Å². The fraction of sp³-hybridized carbons (Fsp3) is 0.333. The molecule has 0 fully saturated rings. The number of aryl methyl sites for hydroxylation is 3. The van der Waals surface area contributed by atoms with Crippen molar-refractivity contribution in [2.45, 2.75) is 27.3 Å². The molecule has 0 atom stereocenters. The normalized spacial score (nSPS) is 10.6. The van der Waals surface area contributed by atoms with E-state index >= 15 is 0 Å². The molecule has 5 heteroatoms. The molecule has 17 heavy (non-hydrogen) atoms. The van der Waals surface area contributed by atoms with Crippen molar-refractivity contribution in [2.75, 3.05) is 5.32 Å². The highest BCUT2D eigenvalue weighted by Crippen LogP contribution is 2.25. The molecule has 0 aliphatic heterocycles. The topological polar surface area (TPSA) is 51.0 Å². The van der Waals surface area contributed by atoms with E-state index in [1.54, 1.807) is 0 Å². The highest BCUT2D eigenvalue weighted by Gasteiger charge is 2.07. The quantitative estimate of drug-likeness (QED) is 0.943. The molecule has 1 N–H and O–H groups in total. The van der Waals surface area contributed by atoms with Gasteiger partial charge >= 0.3 is 0 Å². The molecular weight excluding hydrogens is 282 g/mol. The number of anilines is 1. The van der Waals surface area contributed by atoms with Gasteiger partial charge in [-0.3, -0.25) is 0 Å². The average Bonchev–Trinajstić information content (AvgIpc) is 2.62. The molecule has 0 saturated carbocycles. The van der Waals surface area contributed by atoms with Crippen LogP contribution in [0.25, 0.3) is 0 Å². The maximum atomic E-state index is 4.67. The van der Waals surface area contributed by atoms with Crippen LogP contribution in [-0.2, 0) is 6.54 Å². The molecule has 90 valence electrons. The molecule has 2 aromatic rings. The first-order valence-corrected chi connectivity index (χ1v) is 6.16. The van der Waals surface area contributed by atoms with Crippen molar-refractivity contribution < 1.29 is 4.63 Å². The molecule has 1 heterocycles. The van der Waals surface area contributed by atoms with Gasteiger partial charge in [-0.2, -0.15) is 0 Å². The van der Waals surface area contributed by atoms with Gasteiger partial charge in [0.2, 0.25) is 0 Å². The lowest BCUT2D eigenvalue weighted by molar-refractivity contribution is 0.301. The van der Waals surface area contributed by atoms with E-state index in [1.165, 1.54) is 11.1 Å². The predicted molar refractivity (Wildman–Crippen MR) is 70.0 cm³/mol. The molecule has 0 spiro atoms. The van der Waals surface area contributed by atoms with E-state index < -0.39 is 0 Å². The Hall–Kier alpha value is -1.36. The van der Waals surface area contributed by atoms with Gasteiger partial charge in [-0.1, -0.05) is 26.2 Å². The molecule has 0 amide bonds. The van der Waals surface area contributed by atoms with Crippen LogP contribution < -0.4 is 5.32 Å². The van der Waals surface area contributed by atoms with Crippen LogP contribution in [0, 0.1) is 20.8 Å². The van der Waals surface area contributed by atoms with E-state index in [9.17, 15) is 0 Å². The minimum absolute atomic E-state index is 0.624. The molecule has 2 rings (SSSR count). The Balaban J connectivity index is 2.17. The van der Waals surface area contributed by atoms with E-state index in [0.717, 1.165) is 21.5 Å². The number of halogens is 1. The maximum absolute atomic E-state index is 4.67. The molecule has 0 aliphatic carbocycles. The van der Waals surface area contributed by atoms with E-state index in [0.29, 0.717) is 6.54 Å². The van der Waals surface area contributed by atoms with Crippen LogP contribution in [0.1, 0.15) is 22.5 Å². The highest BCUT2D eigenvalue weighted by atomic mass is 79.9. The number of hydrogen-bond donors (Lipinski definition) is 1. The van der Waals surface area contributed by atoms with Crippen LogP contribution in [0.4, 0.5) is 5.69 Å². The van der Waals surface area contributed by atoms with Crippen LogP contribution in [-0.4, -0.2) is 10.3 Å². The summed E-state index contributed by atoms with van der Waals surface area (Å²) >= 11 is 3.48. The first-order valence-electron chi connectivity index (χ1n) is 5.36. The third kappa shape index (κ3) is 2.66. The van der Waals surface area contributed by atoms with Crippen molar-refractivity contribution in [3.8, 4) is 0 Å². The summed E-state index contributed by atoms with van der Waals surface area (Å²) in [5, 5.41) is 11.0. The lowest BCUT2D eigenvalue weighted by Crippen LogP contribution is -2.04. The largest absolute Gasteiger partial charge is 0.379 e. The van der Waals surface area contributed by atoms with Crippen molar-refractivity contribution in [2.24, 2.45) is 0 Å². The second-order valence-electron chi connectivity index (χ2n) is 4.06. The number of benzene rings is 1. The minimum atomic E-state index is 0.624. The van der Waals surface area contributed by atoms with Crippen molar-refractivity contribution in [1.82, 2.24) is 10.3 Å². The number of aromatic nitrogens is 2. The third-order valence-corrected chi connectivity index (χ3v) is 3.13. The van der Waals surface area contributed by atoms with Crippen molar-refractivity contribution in [3.63, 3.8) is 0 Å². The lowest BCUT2D eigenvalue weighted by atomic mass is 10.1. The van der Waals surface area contributed by atoms with E-state index in [1.807, 2.05) is 6.92 Å². The van der Waals surface area contributed by atoms with Gasteiger partial charge in [-0.25, -0.2) is 4.63 Å². The van der Waals surface area contributed by atoms with Gasteiger partial charge < -0.3 is 5.32 Å². The van der Waals surface area contributed by atoms with Gasteiger partial charge in [0.1, 0.15) is 11.4 Å². The maximum Gasteiger partial charge on any atom is 0.127 e. The fourth-order valence-corrected chi connectivity index (χ4v) is 2.46. The number of hydrogen-bond acceptors (Lipinski definition) is 4. The van der Waals surface area contributed by atoms with Crippen LogP contribution >= 0.6 is 15.9 Å². The summed E-state index contributed by atoms with van der Waals surface area (Å²) in [5.41, 5.74) is 5.20. The molecule has 4 nitrogen and oxygen atoms in total. The summed E-state index contributed by atoms with van der Waals surface area (Å²) in [6, 6.07) is 4.17. The summed E-state index contributed by atoms with van der Waals surface area (Å²) in [4.78, 5) is 0. The molecule has 0 bridgehead atoms. The Kier molecular flexibility index (Phi) is 3.47. The Morgan fingerprint density at radius 1 is 1.18 bits per heavy atom. The van der Waals surface area contributed by atoms with Crippen molar-refractivity contribution in [1.29, 1.82) is 0 Å². The molecule has 0 radical (unpaired) electrons. The molecule has 0 saturated heterocycles. The molecular formula is C12H14BrN3O. The van der Waals surface area contributed by atoms with E-state index in [2.05, 4.69) is 62.2 Å². The number of nitrogens with one attached hydrogen (secondary N) is 1. The van der Waals surface area contributed by atoms with Crippen molar-refractivity contribution in [3.05, 3.63) is 39.1 Å². The SMILES string of the molecule is Cc1cc(Br)cc(C)c1NCc1nonc1C. The monoisotopic (exact) mass is 295 g/mol. The van der Waals surface area contributed by atoms with Gasteiger partial charge in [0.25, 0.3) is 0 Å². The minimum Gasteiger partial charge on any atom is -0.379 e. The summed E-state index contributed by atoms with van der Waals surface area (Å²) in [6.07, 6.45) is 0. The molecule has 1 aromatic heterocycles. The van der Waals surface area contributed by atoms with Crippen LogP contribution in [0.5, 0.6) is 0 Å². The zero-order chi connectivity index (χ0) is 12.4. The molecule has 0 unspecified atom stereocenters. The Labute approximate surface area is 109 Å². The molecule has 0 aliphatic rings. The summed E-state index contributed by atoms with van der Waals surface area (Å²) < 4.78 is 5.76. The van der Waals surface area contributed by atoms with Crippen molar-refractivity contribution >= 4 is 21.6 Å². The smallest absolute Gasteiger partial charge is 0.127 e. The lowest BCUT2D eigenvalue weighted by Gasteiger charge is -2.12. The van der Waals surface area contributed by atoms with E-state index in [-0.39, 0.29) is 0 Å². The Bertz CT molecular complexity index is 513. The van der Waals surface area contributed by atoms with Crippen LogP contribution in [0.15, 0.2) is 21.2 Å². The van der Waals surface area contributed by atoms with Crippen LogP contribution in [0.3, 0.4) is 0 Å². The summed E-state index contributed by atoms with van der Waals surface area (Å²) in [7, 11) is 0. The predicted octanol–water partition coefficient (Wildman–Crippen LogP) is 3.37.